The fraction of sp³-hybridized carbons (Fsp3) is 0.200. The molecular formula is C15H15N3O3. The summed E-state index contributed by atoms with van der Waals surface area (Å²) < 4.78 is 0. The summed E-state index contributed by atoms with van der Waals surface area (Å²) in [5, 5.41) is 29.1. The summed E-state index contributed by atoms with van der Waals surface area (Å²) in [6, 6.07) is 10.9. The van der Waals surface area contributed by atoms with Gasteiger partial charge in [-0.2, -0.15) is 0 Å². The van der Waals surface area contributed by atoms with Gasteiger partial charge in [-0.3, -0.25) is 10.1 Å². The molecule has 0 aliphatic carbocycles. The van der Waals surface area contributed by atoms with Crippen LogP contribution in [0.1, 0.15) is 5.56 Å². The van der Waals surface area contributed by atoms with Gasteiger partial charge in [-0.05, 0) is 16.8 Å². The Hall–Kier alpha value is -2.76. The van der Waals surface area contributed by atoms with Gasteiger partial charge in [-0.25, -0.2) is 0 Å². The van der Waals surface area contributed by atoms with E-state index in [1.807, 2.05) is 24.3 Å². The molecule has 2 aromatic rings. The topological polar surface area (TPSA) is 87.4 Å². The fourth-order valence-electron chi connectivity index (χ4n) is 2.56. The first-order valence-electron chi connectivity index (χ1n) is 6.71. The molecule has 2 aromatic carbocycles. The van der Waals surface area contributed by atoms with Gasteiger partial charge in [-0.15, -0.1) is 0 Å². The number of hydrogen-bond donors (Lipinski definition) is 3. The van der Waals surface area contributed by atoms with Crippen LogP contribution in [0.2, 0.25) is 0 Å². The van der Waals surface area contributed by atoms with Gasteiger partial charge in [0.15, 0.2) is 5.82 Å². The van der Waals surface area contributed by atoms with E-state index < -0.39 is 4.92 Å². The van der Waals surface area contributed by atoms with Gasteiger partial charge < -0.3 is 15.7 Å². The average Bonchev–Trinajstić information content (AvgIpc) is 3.00. The Kier molecular flexibility index (Phi) is 3.35. The van der Waals surface area contributed by atoms with Crippen LogP contribution in [0.15, 0.2) is 47.9 Å². The highest BCUT2D eigenvalue weighted by atomic mass is 16.6. The van der Waals surface area contributed by atoms with Crippen molar-refractivity contribution < 1.29 is 10.0 Å². The van der Waals surface area contributed by atoms with Crippen LogP contribution < -0.4 is 10.6 Å². The van der Waals surface area contributed by atoms with Gasteiger partial charge in [0.05, 0.1) is 11.3 Å². The van der Waals surface area contributed by atoms with Gasteiger partial charge in [0.2, 0.25) is 0 Å². The number of nitrogens with one attached hydrogen (secondary N) is 2. The number of phenols is 1. The molecule has 6 nitrogen and oxygen atoms in total. The number of nitrogens with zero attached hydrogens (tertiary/aromatic N) is 1. The van der Waals surface area contributed by atoms with E-state index in [4.69, 9.17) is 0 Å². The maximum absolute atomic E-state index is 11.3. The molecule has 0 aromatic heterocycles. The monoisotopic (exact) mass is 285 g/mol. The molecule has 1 aliphatic heterocycles. The molecule has 0 amide bonds. The van der Waals surface area contributed by atoms with E-state index in [-0.39, 0.29) is 17.9 Å². The average molecular weight is 285 g/mol. The van der Waals surface area contributed by atoms with Gasteiger partial charge in [0.1, 0.15) is 5.75 Å². The van der Waals surface area contributed by atoms with E-state index in [1.165, 1.54) is 0 Å². The molecule has 0 bridgehead atoms. The van der Waals surface area contributed by atoms with Crippen molar-refractivity contribution in [3.8, 4) is 5.75 Å². The van der Waals surface area contributed by atoms with Gasteiger partial charge in [0, 0.05) is 18.7 Å². The van der Waals surface area contributed by atoms with Crippen molar-refractivity contribution >= 4 is 10.8 Å². The standard InChI is InChI=1S/C15H15N3O3/c19-14-6-5-10-3-1-2-4-11(10)12(14)9-13(18(20)21)15-16-7-8-17-15/h1-6,16-17,19H,7-9H2. The normalized spacial score (nSPS) is 13.8. The first-order chi connectivity index (χ1) is 10.2. The quantitative estimate of drug-likeness (QED) is 0.590. The second-order valence-corrected chi connectivity index (χ2v) is 4.89. The van der Waals surface area contributed by atoms with E-state index in [2.05, 4.69) is 10.6 Å². The molecule has 0 atom stereocenters. The Morgan fingerprint density at radius 1 is 1.19 bits per heavy atom. The molecule has 1 fully saturated rings. The predicted octanol–water partition coefficient (Wildman–Crippen LogP) is 1.73. The Morgan fingerprint density at radius 3 is 2.62 bits per heavy atom. The maximum Gasteiger partial charge on any atom is 0.290 e. The van der Waals surface area contributed by atoms with Crippen LogP contribution in [0, 0.1) is 10.1 Å². The summed E-state index contributed by atoms with van der Waals surface area (Å²) in [6.45, 7) is 1.32. The minimum atomic E-state index is -0.401. The number of fused-ring (bicyclic) bond motifs is 1. The SMILES string of the molecule is O=[N+]([O-])C(Cc1c(O)ccc2ccccc12)=C1NCCN1. The Balaban J connectivity index is 2.10. The van der Waals surface area contributed by atoms with Crippen LogP contribution in [0.3, 0.4) is 0 Å². The molecule has 3 N–H and O–H groups in total. The molecule has 1 heterocycles. The zero-order chi connectivity index (χ0) is 14.8. The summed E-state index contributed by atoms with van der Waals surface area (Å²) in [5.74, 6) is 0.513. The van der Waals surface area contributed by atoms with E-state index >= 15 is 0 Å². The fourth-order valence-corrected chi connectivity index (χ4v) is 2.56. The van der Waals surface area contributed by atoms with Crippen LogP contribution in [-0.4, -0.2) is 23.1 Å². The van der Waals surface area contributed by atoms with Gasteiger partial charge in [0.25, 0.3) is 5.70 Å². The Labute approximate surface area is 121 Å². The van der Waals surface area contributed by atoms with Crippen LogP contribution in [0.4, 0.5) is 0 Å². The molecule has 1 aliphatic rings. The molecule has 3 rings (SSSR count). The number of nitro groups is 1. The van der Waals surface area contributed by atoms with Crippen molar-refractivity contribution in [2.75, 3.05) is 13.1 Å². The lowest BCUT2D eigenvalue weighted by Crippen LogP contribution is -2.19. The summed E-state index contributed by atoms with van der Waals surface area (Å²) in [5.41, 5.74) is 0.613. The molecule has 0 unspecified atom stereocenters. The minimum Gasteiger partial charge on any atom is -0.508 e. The molecule has 108 valence electrons. The number of phenolic OH excluding ortho intramolecular Hbond substituents is 1. The molecular weight excluding hydrogens is 270 g/mol. The molecule has 6 heteroatoms. The highest BCUT2D eigenvalue weighted by Crippen LogP contribution is 2.29. The highest BCUT2D eigenvalue weighted by Gasteiger charge is 2.24. The molecule has 21 heavy (non-hydrogen) atoms. The number of benzene rings is 2. The maximum atomic E-state index is 11.3. The van der Waals surface area contributed by atoms with Crippen molar-refractivity contribution in [2.24, 2.45) is 0 Å². The Bertz CT molecular complexity index is 732. The molecule has 0 saturated carbocycles. The number of hydrogen-bond acceptors (Lipinski definition) is 5. The highest BCUT2D eigenvalue weighted by molar-refractivity contribution is 5.87. The smallest absolute Gasteiger partial charge is 0.290 e. The third-order valence-corrected chi connectivity index (χ3v) is 3.60. The van der Waals surface area contributed by atoms with Crippen LogP contribution in [0.25, 0.3) is 10.8 Å². The largest absolute Gasteiger partial charge is 0.508 e. The number of allylic oxidation sites excluding steroid dienone is 1. The summed E-state index contributed by atoms with van der Waals surface area (Å²) in [6.07, 6.45) is 0.0650. The second kappa shape index (κ2) is 5.32. The van der Waals surface area contributed by atoms with Crippen molar-refractivity contribution in [3.63, 3.8) is 0 Å². The van der Waals surface area contributed by atoms with Crippen molar-refractivity contribution in [2.45, 2.75) is 6.42 Å². The van der Waals surface area contributed by atoms with Crippen molar-refractivity contribution in [1.29, 1.82) is 0 Å². The first-order valence-corrected chi connectivity index (χ1v) is 6.71. The van der Waals surface area contributed by atoms with E-state index in [9.17, 15) is 15.2 Å². The molecule has 0 radical (unpaired) electrons. The Morgan fingerprint density at radius 2 is 1.90 bits per heavy atom. The van der Waals surface area contributed by atoms with E-state index in [0.717, 1.165) is 10.8 Å². The van der Waals surface area contributed by atoms with E-state index in [0.29, 0.717) is 24.5 Å². The summed E-state index contributed by atoms with van der Waals surface area (Å²) in [4.78, 5) is 10.9. The van der Waals surface area contributed by atoms with E-state index in [1.54, 1.807) is 12.1 Å². The molecule has 0 spiro atoms. The summed E-state index contributed by atoms with van der Waals surface area (Å²) >= 11 is 0. The lowest BCUT2D eigenvalue weighted by atomic mass is 10.00. The first kappa shape index (κ1) is 13.2. The van der Waals surface area contributed by atoms with Crippen LogP contribution in [0.5, 0.6) is 5.75 Å². The van der Waals surface area contributed by atoms with Crippen LogP contribution >= 0.6 is 0 Å². The van der Waals surface area contributed by atoms with Crippen molar-refractivity contribution in [3.05, 3.63) is 63.6 Å². The van der Waals surface area contributed by atoms with Gasteiger partial charge >= 0.3 is 0 Å². The lowest BCUT2D eigenvalue weighted by Gasteiger charge is -2.09. The second-order valence-electron chi connectivity index (χ2n) is 4.89. The minimum absolute atomic E-state index is 0.0409. The third kappa shape index (κ3) is 2.47. The van der Waals surface area contributed by atoms with Crippen molar-refractivity contribution in [1.82, 2.24) is 10.6 Å². The molecule has 1 saturated heterocycles. The summed E-state index contributed by atoms with van der Waals surface area (Å²) in [7, 11) is 0. The number of rotatable bonds is 3. The third-order valence-electron chi connectivity index (χ3n) is 3.60. The predicted molar refractivity (Wildman–Crippen MR) is 79.3 cm³/mol. The number of aromatic hydroxyl groups is 1. The zero-order valence-corrected chi connectivity index (χ0v) is 11.3. The zero-order valence-electron chi connectivity index (χ0n) is 11.3. The van der Waals surface area contributed by atoms with Crippen LogP contribution in [-0.2, 0) is 6.42 Å². The van der Waals surface area contributed by atoms with Gasteiger partial charge in [-0.1, -0.05) is 30.3 Å². The lowest BCUT2D eigenvalue weighted by molar-refractivity contribution is -0.428.